The lowest BCUT2D eigenvalue weighted by molar-refractivity contribution is 0.511. The van der Waals surface area contributed by atoms with Crippen LogP contribution in [0.25, 0.3) is 11.3 Å². The van der Waals surface area contributed by atoms with Gasteiger partial charge < -0.3 is 5.32 Å². The van der Waals surface area contributed by atoms with E-state index in [0.29, 0.717) is 18.1 Å². The van der Waals surface area contributed by atoms with E-state index in [4.69, 9.17) is 11.6 Å². The van der Waals surface area contributed by atoms with Gasteiger partial charge in [-0.2, -0.15) is 0 Å². The molecular weight excluding hydrogens is 258 g/mol. The van der Waals surface area contributed by atoms with Crippen molar-refractivity contribution in [2.75, 3.05) is 11.9 Å². The molecule has 0 aliphatic carbocycles. The van der Waals surface area contributed by atoms with Gasteiger partial charge in [-0.05, 0) is 31.2 Å². The molecule has 94 valence electrons. The minimum Gasteiger partial charge on any atom is -0.370 e. The topological polar surface area (TPSA) is 24.9 Å². The van der Waals surface area contributed by atoms with Crippen molar-refractivity contribution in [2.45, 2.75) is 6.92 Å². The molecule has 18 heavy (non-hydrogen) atoms. The van der Waals surface area contributed by atoms with Crippen LogP contribution in [0.2, 0.25) is 5.02 Å². The second-order valence-electron chi connectivity index (χ2n) is 3.66. The number of hydrogen-bond acceptors (Lipinski definition) is 2. The molecule has 2 rings (SSSR count). The van der Waals surface area contributed by atoms with E-state index in [-0.39, 0.29) is 10.6 Å². The van der Waals surface area contributed by atoms with Crippen molar-refractivity contribution in [1.82, 2.24) is 4.98 Å². The van der Waals surface area contributed by atoms with Gasteiger partial charge in [0.15, 0.2) is 11.6 Å². The Balaban J connectivity index is 2.55. The van der Waals surface area contributed by atoms with Crippen LogP contribution in [0.15, 0.2) is 30.3 Å². The third-order valence-electron chi connectivity index (χ3n) is 2.41. The van der Waals surface area contributed by atoms with Gasteiger partial charge in [0.1, 0.15) is 5.82 Å². The summed E-state index contributed by atoms with van der Waals surface area (Å²) in [5.41, 5.74) is 0.284. The number of halogens is 3. The van der Waals surface area contributed by atoms with Crippen molar-refractivity contribution in [3.05, 3.63) is 47.0 Å². The van der Waals surface area contributed by atoms with Crippen molar-refractivity contribution in [3.63, 3.8) is 0 Å². The largest absolute Gasteiger partial charge is 0.370 e. The van der Waals surface area contributed by atoms with E-state index in [1.165, 1.54) is 6.07 Å². The molecule has 0 atom stereocenters. The van der Waals surface area contributed by atoms with Gasteiger partial charge in [-0.1, -0.05) is 17.7 Å². The van der Waals surface area contributed by atoms with Crippen LogP contribution in [0.5, 0.6) is 0 Å². The highest BCUT2D eigenvalue weighted by Gasteiger charge is 2.15. The van der Waals surface area contributed by atoms with Gasteiger partial charge in [-0.15, -0.1) is 0 Å². The summed E-state index contributed by atoms with van der Waals surface area (Å²) in [6, 6.07) is 7.36. The van der Waals surface area contributed by atoms with E-state index in [1.807, 2.05) is 6.92 Å². The van der Waals surface area contributed by atoms with Crippen molar-refractivity contribution in [3.8, 4) is 11.3 Å². The summed E-state index contributed by atoms with van der Waals surface area (Å²) in [7, 11) is 0. The predicted octanol–water partition coefficient (Wildman–Crippen LogP) is 4.11. The Morgan fingerprint density at radius 1 is 1.22 bits per heavy atom. The summed E-state index contributed by atoms with van der Waals surface area (Å²) in [6.45, 7) is 2.61. The van der Waals surface area contributed by atoms with Crippen LogP contribution in [-0.4, -0.2) is 11.5 Å². The van der Waals surface area contributed by atoms with Crippen LogP contribution >= 0.6 is 11.6 Å². The molecule has 0 fully saturated rings. The molecule has 2 nitrogen and oxygen atoms in total. The normalized spacial score (nSPS) is 10.4. The number of nitrogens with one attached hydrogen (secondary N) is 1. The number of hydrogen-bond donors (Lipinski definition) is 1. The first-order valence-corrected chi connectivity index (χ1v) is 5.86. The Hall–Kier alpha value is -1.68. The second kappa shape index (κ2) is 5.31. The Morgan fingerprint density at radius 2 is 2.00 bits per heavy atom. The average molecular weight is 269 g/mol. The van der Waals surface area contributed by atoms with E-state index in [1.54, 1.807) is 18.2 Å². The minimum absolute atomic E-state index is 0.0172. The summed E-state index contributed by atoms with van der Waals surface area (Å²) >= 11 is 5.90. The van der Waals surface area contributed by atoms with E-state index < -0.39 is 11.6 Å². The van der Waals surface area contributed by atoms with Crippen LogP contribution in [0.1, 0.15) is 6.92 Å². The fourth-order valence-corrected chi connectivity index (χ4v) is 1.86. The summed E-state index contributed by atoms with van der Waals surface area (Å²) in [5.74, 6) is -1.33. The number of benzene rings is 1. The monoisotopic (exact) mass is 268 g/mol. The number of nitrogens with zero attached hydrogens (tertiary/aromatic N) is 1. The van der Waals surface area contributed by atoms with Crippen molar-refractivity contribution in [2.24, 2.45) is 0 Å². The lowest BCUT2D eigenvalue weighted by atomic mass is 10.1. The maximum absolute atomic E-state index is 13.7. The highest BCUT2D eigenvalue weighted by atomic mass is 35.5. The molecule has 0 aliphatic rings. The minimum atomic E-state index is -0.983. The summed E-state index contributed by atoms with van der Waals surface area (Å²) in [6.07, 6.45) is 0. The zero-order valence-corrected chi connectivity index (χ0v) is 10.4. The summed E-state index contributed by atoms with van der Waals surface area (Å²) in [4.78, 5) is 4.19. The maximum Gasteiger partial charge on any atom is 0.169 e. The van der Waals surface area contributed by atoms with E-state index in [9.17, 15) is 8.78 Å². The van der Waals surface area contributed by atoms with Crippen LogP contribution in [0, 0.1) is 11.6 Å². The maximum atomic E-state index is 13.7. The first-order valence-electron chi connectivity index (χ1n) is 5.48. The third kappa shape index (κ3) is 2.43. The van der Waals surface area contributed by atoms with Gasteiger partial charge in [0, 0.05) is 6.54 Å². The smallest absolute Gasteiger partial charge is 0.169 e. The molecule has 0 unspecified atom stereocenters. The molecule has 0 saturated heterocycles. The molecule has 1 aromatic carbocycles. The highest BCUT2D eigenvalue weighted by Crippen LogP contribution is 2.31. The number of aromatic nitrogens is 1. The molecule has 1 N–H and O–H groups in total. The average Bonchev–Trinajstić information content (AvgIpc) is 2.35. The van der Waals surface area contributed by atoms with Gasteiger partial charge >= 0.3 is 0 Å². The standard InChI is InChI=1S/C13H11ClF2N2/c1-2-17-11-5-3-4-10(18-11)12-8(14)6-7-9(15)13(12)16/h3-7H,2H2,1H3,(H,17,18). The Morgan fingerprint density at radius 3 is 2.72 bits per heavy atom. The first kappa shape index (κ1) is 12.8. The fourth-order valence-electron chi connectivity index (χ4n) is 1.62. The molecular formula is C13H11ClF2N2. The van der Waals surface area contributed by atoms with E-state index in [0.717, 1.165) is 6.07 Å². The molecule has 0 amide bonds. The van der Waals surface area contributed by atoms with Gasteiger partial charge in [0.05, 0.1) is 16.3 Å². The van der Waals surface area contributed by atoms with Crippen molar-refractivity contribution >= 4 is 17.4 Å². The van der Waals surface area contributed by atoms with Crippen LogP contribution in [0.4, 0.5) is 14.6 Å². The molecule has 0 saturated carbocycles. The molecule has 1 heterocycles. The van der Waals surface area contributed by atoms with E-state index >= 15 is 0 Å². The quantitative estimate of drug-likeness (QED) is 0.848. The van der Waals surface area contributed by atoms with Crippen LogP contribution in [0.3, 0.4) is 0 Å². The van der Waals surface area contributed by atoms with Crippen molar-refractivity contribution in [1.29, 1.82) is 0 Å². The lowest BCUT2D eigenvalue weighted by Crippen LogP contribution is -2.00. The fraction of sp³-hybridized carbons (Fsp3) is 0.154. The van der Waals surface area contributed by atoms with Crippen molar-refractivity contribution < 1.29 is 8.78 Å². The predicted molar refractivity (Wildman–Crippen MR) is 68.8 cm³/mol. The Bertz CT molecular complexity index is 573. The summed E-state index contributed by atoms with van der Waals surface area (Å²) in [5, 5.41) is 3.14. The van der Waals surface area contributed by atoms with Crippen LogP contribution in [-0.2, 0) is 0 Å². The summed E-state index contributed by atoms with van der Waals surface area (Å²) < 4.78 is 27.0. The zero-order valence-electron chi connectivity index (χ0n) is 9.67. The van der Waals surface area contributed by atoms with Gasteiger partial charge in [-0.25, -0.2) is 13.8 Å². The Kier molecular flexibility index (Phi) is 3.77. The first-order chi connectivity index (χ1) is 8.63. The molecule has 5 heteroatoms. The van der Waals surface area contributed by atoms with Crippen LogP contribution < -0.4 is 5.32 Å². The SMILES string of the molecule is CCNc1cccc(-c2c(Cl)ccc(F)c2F)n1. The number of pyridine rings is 1. The molecule has 1 aromatic heterocycles. The van der Waals surface area contributed by atoms with Gasteiger partial charge in [0.2, 0.25) is 0 Å². The highest BCUT2D eigenvalue weighted by molar-refractivity contribution is 6.33. The third-order valence-corrected chi connectivity index (χ3v) is 2.72. The second-order valence-corrected chi connectivity index (χ2v) is 4.06. The molecule has 0 spiro atoms. The molecule has 0 bridgehead atoms. The number of rotatable bonds is 3. The van der Waals surface area contributed by atoms with Gasteiger partial charge in [-0.3, -0.25) is 0 Å². The number of anilines is 1. The zero-order chi connectivity index (χ0) is 13.1. The van der Waals surface area contributed by atoms with E-state index in [2.05, 4.69) is 10.3 Å². The van der Waals surface area contributed by atoms with Gasteiger partial charge in [0.25, 0.3) is 0 Å². The molecule has 2 aromatic rings. The molecule has 0 radical (unpaired) electrons. The lowest BCUT2D eigenvalue weighted by Gasteiger charge is -2.08. The molecule has 0 aliphatic heterocycles. The Labute approximate surface area is 109 Å².